The van der Waals surface area contributed by atoms with Crippen molar-refractivity contribution in [2.24, 2.45) is 0 Å². The molecule has 0 aliphatic heterocycles. The quantitative estimate of drug-likeness (QED) is 0.918. The van der Waals surface area contributed by atoms with Crippen LogP contribution in [0.5, 0.6) is 5.75 Å². The summed E-state index contributed by atoms with van der Waals surface area (Å²) in [6.45, 7) is 2.05. The highest BCUT2D eigenvalue weighted by Crippen LogP contribution is 2.31. The van der Waals surface area contributed by atoms with E-state index in [2.05, 4.69) is 22.4 Å². The summed E-state index contributed by atoms with van der Waals surface area (Å²) in [7, 11) is 3.48. The number of benzene rings is 1. The van der Waals surface area contributed by atoms with Crippen LogP contribution in [-0.2, 0) is 6.42 Å². The Bertz CT molecular complexity index is 560. The highest BCUT2D eigenvalue weighted by Gasteiger charge is 2.15. The average Bonchev–Trinajstić information content (AvgIpc) is 2.86. The van der Waals surface area contributed by atoms with Crippen molar-refractivity contribution in [3.63, 3.8) is 0 Å². The first-order chi connectivity index (χ1) is 9.13. The van der Waals surface area contributed by atoms with E-state index in [1.807, 2.05) is 7.05 Å². The van der Waals surface area contributed by atoms with Crippen molar-refractivity contribution in [1.29, 1.82) is 0 Å². The molecular weight excluding hydrogens is 301 g/mol. The van der Waals surface area contributed by atoms with Crippen molar-refractivity contribution < 1.29 is 9.26 Å². The molecule has 0 amide bonds. The standard InChI is InChI=1S/C13H16ClN3O2.ClH/c1-8(15-2)6-12-16-13(19-17-12)10-7-9(14)4-5-11(10)18-3;/h4-5,7-8,15H,6H2,1-3H3;1H. The summed E-state index contributed by atoms with van der Waals surface area (Å²) in [6.07, 6.45) is 0.697. The largest absolute Gasteiger partial charge is 0.496 e. The van der Waals surface area contributed by atoms with Gasteiger partial charge in [-0.25, -0.2) is 0 Å². The van der Waals surface area contributed by atoms with Gasteiger partial charge in [0.05, 0.1) is 12.7 Å². The molecule has 0 spiro atoms. The minimum absolute atomic E-state index is 0. The predicted octanol–water partition coefficient (Wildman–Crippen LogP) is 2.97. The summed E-state index contributed by atoms with van der Waals surface area (Å²) in [5.41, 5.74) is 0.700. The Morgan fingerprint density at radius 1 is 1.45 bits per heavy atom. The van der Waals surface area contributed by atoms with Crippen molar-refractivity contribution in [2.75, 3.05) is 14.2 Å². The number of hydrogen-bond donors (Lipinski definition) is 1. The highest BCUT2D eigenvalue weighted by atomic mass is 35.5. The van der Waals surface area contributed by atoms with E-state index in [0.29, 0.717) is 34.5 Å². The zero-order valence-electron chi connectivity index (χ0n) is 11.5. The normalized spacial score (nSPS) is 11.8. The summed E-state index contributed by atoms with van der Waals surface area (Å²) in [5, 5.41) is 7.68. The van der Waals surface area contributed by atoms with E-state index in [9.17, 15) is 0 Å². The second-order valence-electron chi connectivity index (χ2n) is 4.25. The van der Waals surface area contributed by atoms with Gasteiger partial charge in [-0.1, -0.05) is 16.8 Å². The molecule has 0 bridgehead atoms. The molecule has 1 aromatic heterocycles. The second kappa shape index (κ2) is 7.47. The third-order valence-electron chi connectivity index (χ3n) is 2.84. The van der Waals surface area contributed by atoms with Crippen LogP contribution in [0, 0.1) is 0 Å². The van der Waals surface area contributed by atoms with Gasteiger partial charge < -0.3 is 14.6 Å². The van der Waals surface area contributed by atoms with Gasteiger partial charge in [0.15, 0.2) is 5.82 Å². The molecule has 1 unspecified atom stereocenters. The molecule has 110 valence electrons. The minimum Gasteiger partial charge on any atom is -0.496 e. The van der Waals surface area contributed by atoms with Crippen molar-refractivity contribution >= 4 is 24.0 Å². The van der Waals surface area contributed by atoms with Crippen LogP contribution < -0.4 is 10.1 Å². The van der Waals surface area contributed by atoms with E-state index in [-0.39, 0.29) is 18.4 Å². The first kappa shape index (κ1) is 16.8. The van der Waals surface area contributed by atoms with Gasteiger partial charge in [0.2, 0.25) is 0 Å². The van der Waals surface area contributed by atoms with Crippen LogP contribution in [0.3, 0.4) is 0 Å². The van der Waals surface area contributed by atoms with Crippen LogP contribution >= 0.6 is 24.0 Å². The van der Waals surface area contributed by atoms with Gasteiger partial charge in [-0.2, -0.15) is 4.98 Å². The Morgan fingerprint density at radius 3 is 2.85 bits per heavy atom. The van der Waals surface area contributed by atoms with Gasteiger partial charge in [0, 0.05) is 17.5 Å². The van der Waals surface area contributed by atoms with Crippen LogP contribution in [0.1, 0.15) is 12.7 Å². The average molecular weight is 318 g/mol. The van der Waals surface area contributed by atoms with E-state index in [0.717, 1.165) is 0 Å². The predicted molar refractivity (Wildman–Crippen MR) is 80.8 cm³/mol. The van der Waals surface area contributed by atoms with Gasteiger partial charge in [-0.3, -0.25) is 0 Å². The van der Waals surface area contributed by atoms with E-state index in [1.165, 1.54) is 0 Å². The topological polar surface area (TPSA) is 60.2 Å². The van der Waals surface area contributed by atoms with Crippen LogP contribution in [0.2, 0.25) is 5.02 Å². The molecule has 1 heterocycles. The number of rotatable bonds is 5. The highest BCUT2D eigenvalue weighted by molar-refractivity contribution is 6.30. The first-order valence-electron chi connectivity index (χ1n) is 5.97. The van der Waals surface area contributed by atoms with Gasteiger partial charge >= 0.3 is 0 Å². The monoisotopic (exact) mass is 317 g/mol. The van der Waals surface area contributed by atoms with E-state index >= 15 is 0 Å². The Hall–Kier alpha value is -1.30. The number of likely N-dealkylation sites (N-methyl/N-ethyl adjacent to an activating group) is 1. The third-order valence-corrected chi connectivity index (χ3v) is 3.08. The van der Waals surface area contributed by atoms with Gasteiger partial charge in [0.25, 0.3) is 5.89 Å². The molecule has 1 N–H and O–H groups in total. The van der Waals surface area contributed by atoms with Crippen molar-refractivity contribution in [3.05, 3.63) is 29.0 Å². The number of halogens is 2. The fraction of sp³-hybridized carbons (Fsp3) is 0.385. The fourth-order valence-corrected chi connectivity index (χ4v) is 1.84. The van der Waals surface area contributed by atoms with Gasteiger partial charge in [-0.15, -0.1) is 12.4 Å². The molecule has 2 rings (SSSR count). The van der Waals surface area contributed by atoms with Crippen molar-refractivity contribution in [1.82, 2.24) is 15.5 Å². The van der Waals surface area contributed by atoms with Crippen LogP contribution in [-0.4, -0.2) is 30.3 Å². The lowest BCUT2D eigenvalue weighted by molar-refractivity contribution is 0.401. The maximum Gasteiger partial charge on any atom is 0.261 e. The molecule has 0 aliphatic rings. The lowest BCUT2D eigenvalue weighted by Crippen LogP contribution is -2.24. The Balaban J connectivity index is 0.00000200. The molecule has 0 saturated heterocycles. The fourth-order valence-electron chi connectivity index (χ4n) is 1.67. The first-order valence-corrected chi connectivity index (χ1v) is 6.35. The summed E-state index contributed by atoms with van der Waals surface area (Å²) < 4.78 is 10.5. The number of nitrogens with zero attached hydrogens (tertiary/aromatic N) is 2. The summed E-state index contributed by atoms with van der Waals surface area (Å²) >= 11 is 5.98. The SMILES string of the molecule is CNC(C)Cc1noc(-c2cc(Cl)ccc2OC)n1.Cl. The third kappa shape index (κ3) is 3.85. The van der Waals surface area contributed by atoms with Crippen molar-refractivity contribution in [3.8, 4) is 17.2 Å². The Labute approximate surface area is 129 Å². The van der Waals surface area contributed by atoms with E-state index in [4.69, 9.17) is 20.9 Å². The number of nitrogens with one attached hydrogen (secondary N) is 1. The summed E-state index contributed by atoms with van der Waals surface area (Å²) in [4.78, 5) is 4.36. The zero-order chi connectivity index (χ0) is 13.8. The zero-order valence-corrected chi connectivity index (χ0v) is 13.1. The molecule has 7 heteroatoms. The van der Waals surface area contributed by atoms with E-state index < -0.39 is 0 Å². The van der Waals surface area contributed by atoms with Crippen LogP contribution in [0.4, 0.5) is 0 Å². The summed E-state index contributed by atoms with van der Waals surface area (Å²) in [6, 6.07) is 5.56. The van der Waals surface area contributed by atoms with Gasteiger partial charge in [0.1, 0.15) is 5.75 Å². The molecule has 0 radical (unpaired) electrons. The maximum absolute atomic E-state index is 5.98. The smallest absolute Gasteiger partial charge is 0.261 e. The van der Waals surface area contributed by atoms with Gasteiger partial charge in [-0.05, 0) is 32.2 Å². The molecule has 0 fully saturated rings. The molecule has 0 saturated carbocycles. The lowest BCUT2D eigenvalue weighted by Gasteiger charge is -2.05. The maximum atomic E-state index is 5.98. The summed E-state index contributed by atoms with van der Waals surface area (Å²) in [5.74, 6) is 1.72. The molecule has 1 atom stereocenters. The number of methoxy groups -OCH3 is 1. The van der Waals surface area contributed by atoms with Crippen molar-refractivity contribution in [2.45, 2.75) is 19.4 Å². The number of aromatic nitrogens is 2. The molecule has 2 aromatic rings. The van der Waals surface area contributed by atoms with Crippen LogP contribution in [0.15, 0.2) is 22.7 Å². The molecule has 20 heavy (non-hydrogen) atoms. The lowest BCUT2D eigenvalue weighted by atomic mass is 10.2. The molecule has 5 nitrogen and oxygen atoms in total. The van der Waals surface area contributed by atoms with E-state index in [1.54, 1.807) is 25.3 Å². The Morgan fingerprint density at radius 2 is 2.20 bits per heavy atom. The molecule has 1 aromatic carbocycles. The molecule has 0 aliphatic carbocycles. The molecular formula is C13H17Cl2N3O2. The second-order valence-corrected chi connectivity index (χ2v) is 4.69. The Kier molecular flexibility index (Phi) is 6.26. The van der Waals surface area contributed by atoms with Crippen LogP contribution in [0.25, 0.3) is 11.5 Å². The minimum atomic E-state index is 0. The number of hydrogen-bond acceptors (Lipinski definition) is 5. The number of ether oxygens (including phenoxy) is 1.